The number of hydrogen-bond acceptors (Lipinski definition) is 3. The minimum atomic E-state index is -0.342. The molecule has 1 aromatic rings. The zero-order valence-corrected chi connectivity index (χ0v) is 11.2. The highest BCUT2D eigenvalue weighted by Crippen LogP contribution is 2.27. The smallest absolute Gasteiger partial charge is 0.125 e. The lowest BCUT2D eigenvalue weighted by Gasteiger charge is -2.15. The quantitative estimate of drug-likeness (QED) is 0.875. The summed E-state index contributed by atoms with van der Waals surface area (Å²) in [7, 11) is 0. The molecule has 0 amide bonds. The molecule has 1 aromatic carbocycles. The van der Waals surface area contributed by atoms with E-state index in [1.54, 1.807) is 6.92 Å². The third-order valence-corrected chi connectivity index (χ3v) is 2.75. The van der Waals surface area contributed by atoms with Gasteiger partial charge >= 0.3 is 0 Å². The SMILES string of the molecule is CC(O)CCOc1cc(Br)ccc1[C@@H](C)N. The lowest BCUT2D eigenvalue weighted by Crippen LogP contribution is -2.11. The van der Waals surface area contributed by atoms with Crippen LogP contribution in [-0.2, 0) is 0 Å². The van der Waals surface area contributed by atoms with E-state index in [1.807, 2.05) is 25.1 Å². The Hall–Kier alpha value is -0.580. The van der Waals surface area contributed by atoms with E-state index in [4.69, 9.17) is 15.6 Å². The molecule has 90 valence electrons. The number of aliphatic hydroxyl groups is 1. The maximum atomic E-state index is 9.15. The van der Waals surface area contributed by atoms with Crippen molar-refractivity contribution in [2.45, 2.75) is 32.4 Å². The Labute approximate surface area is 105 Å². The van der Waals surface area contributed by atoms with Crippen LogP contribution < -0.4 is 10.5 Å². The van der Waals surface area contributed by atoms with Gasteiger partial charge in [-0.2, -0.15) is 0 Å². The summed E-state index contributed by atoms with van der Waals surface area (Å²) in [5.74, 6) is 0.782. The molecule has 0 aliphatic carbocycles. The molecule has 0 fully saturated rings. The first kappa shape index (κ1) is 13.5. The molecule has 1 rings (SSSR count). The van der Waals surface area contributed by atoms with E-state index in [-0.39, 0.29) is 12.1 Å². The lowest BCUT2D eigenvalue weighted by molar-refractivity contribution is 0.155. The summed E-state index contributed by atoms with van der Waals surface area (Å²) in [6, 6.07) is 5.74. The molecule has 0 heterocycles. The Morgan fingerprint density at radius 2 is 2.12 bits per heavy atom. The van der Waals surface area contributed by atoms with Crippen LogP contribution >= 0.6 is 15.9 Å². The minimum Gasteiger partial charge on any atom is -0.493 e. The second kappa shape index (κ2) is 6.23. The fraction of sp³-hybridized carbons (Fsp3) is 0.500. The molecule has 0 aliphatic heterocycles. The molecule has 2 atom stereocenters. The van der Waals surface area contributed by atoms with Crippen molar-refractivity contribution in [3.05, 3.63) is 28.2 Å². The Morgan fingerprint density at radius 1 is 1.44 bits per heavy atom. The average Bonchev–Trinajstić information content (AvgIpc) is 2.16. The molecule has 0 aromatic heterocycles. The van der Waals surface area contributed by atoms with Gasteiger partial charge in [-0.05, 0) is 26.0 Å². The van der Waals surface area contributed by atoms with Crippen molar-refractivity contribution in [3.63, 3.8) is 0 Å². The van der Waals surface area contributed by atoms with Crippen LogP contribution in [0, 0.1) is 0 Å². The van der Waals surface area contributed by atoms with Crippen molar-refractivity contribution in [1.29, 1.82) is 0 Å². The standard InChI is InChI=1S/C12H18BrNO2/c1-8(15)5-6-16-12-7-10(13)3-4-11(12)9(2)14/h3-4,7-9,15H,5-6,14H2,1-2H3/t8?,9-/m1/s1. The third-order valence-electron chi connectivity index (χ3n) is 2.26. The predicted molar refractivity (Wildman–Crippen MR) is 68.5 cm³/mol. The average molecular weight is 288 g/mol. The first-order chi connectivity index (χ1) is 7.50. The van der Waals surface area contributed by atoms with Crippen LogP contribution in [0.1, 0.15) is 31.9 Å². The molecule has 3 nitrogen and oxygen atoms in total. The molecule has 1 unspecified atom stereocenters. The van der Waals surface area contributed by atoms with E-state index in [1.165, 1.54) is 0 Å². The molecule has 16 heavy (non-hydrogen) atoms. The van der Waals surface area contributed by atoms with E-state index >= 15 is 0 Å². The van der Waals surface area contributed by atoms with E-state index in [9.17, 15) is 0 Å². The molecular weight excluding hydrogens is 270 g/mol. The van der Waals surface area contributed by atoms with E-state index in [0.29, 0.717) is 13.0 Å². The molecule has 0 aliphatic rings. The van der Waals surface area contributed by atoms with Gasteiger partial charge in [-0.15, -0.1) is 0 Å². The van der Waals surface area contributed by atoms with E-state index in [2.05, 4.69) is 15.9 Å². The number of nitrogens with two attached hydrogens (primary N) is 1. The van der Waals surface area contributed by atoms with Crippen molar-refractivity contribution in [1.82, 2.24) is 0 Å². The Balaban J connectivity index is 2.72. The zero-order chi connectivity index (χ0) is 12.1. The van der Waals surface area contributed by atoms with Crippen LogP contribution in [0.5, 0.6) is 5.75 Å². The maximum absolute atomic E-state index is 9.15. The van der Waals surface area contributed by atoms with Crippen molar-refractivity contribution < 1.29 is 9.84 Å². The molecule has 4 heteroatoms. The van der Waals surface area contributed by atoms with Crippen molar-refractivity contribution in [2.24, 2.45) is 5.73 Å². The summed E-state index contributed by atoms with van der Waals surface area (Å²) < 4.78 is 6.58. The number of benzene rings is 1. The van der Waals surface area contributed by atoms with Crippen LogP contribution in [0.25, 0.3) is 0 Å². The fourth-order valence-corrected chi connectivity index (χ4v) is 1.69. The summed E-state index contributed by atoms with van der Waals surface area (Å²) in [6.07, 6.45) is 0.274. The van der Waals surface area contributed by atoms with Crippen molar-refractivity contribution in [3.8, 4) is 5.75 Å². The number of aliphatic hydroxyl groups excluding tert-OH is 1. The predicted octanol–water partition coefficient (Wildman–Crippen LogP) is 2.62. The molecule has 0 saturated heterocycles. The Kier molecular flexibility index (Phi) is 5.25. The first-order valence-electron chi connectivity index (χ1n) is 5.36. The molecule has 0 spiro atoms. The molecule has 0 radical (unpaired) electrons. The lowest BCUT2D eigenvalue weighted by atomic mass is 10.1. The highest BCUT2D eigenvalue weighted by Gasteiger charge is 2.09. The van der Waals surface area contributed by atoms with Crippen LogP contribution in [0.4, 0.5) is 0 Å². The largest absolute Gasteiger partial charge is 0.493 e. The van der Waals surface area contributed by atoms with Crippen molar-refractivity contribution >= 4 is 15.9 Å². The zero-order valence-electron chi connectivity index (χ0n) is 9.61. The van der Waals surface area contributed by atoms with Gasteiger partial charge in [0.1, 0.15) is 5.75 Å². The summed E-state index contributed by atoms with van der Waals surface area (Å²) >= 11 is 3.40. The van der Waals surface area contributed by atoms with Gasteiger partial charge in [-0.3, -0.25) is 0 Å². The van der Waals surface area contributed by atoms with Gasteiger partial charge in [-0.1, -0.05) is 22.0 Å². The number of halogens is 1. The summed E-state index contributed by atoms with van der Waals surface area (Å²) in [4.78, 5) is 0. The fourth-order valence-electron chi connectivity index (χ4n) is 1.35. The number of hydrogen-bond donors (Lipinski definition) is 2. The van der Waals surface area contributed by atoms with Gasteiger partial charge in [-0.25, -0.2) is 0 Å². The van der Waals surface area contributed by atoms with Crippen LogP contribution in [0.3, 0.4) is 0 Å². The Bertz CT molecular complexity index is 340. The van der Waals surface area contributed by atoms with Gasteiger partial charge in [0.05, 0.1) is 12.7 Å². The topological polar surface area (TPSA) is 55.5 Å². The molecule has 3 N–H and O–H groups in total. The minimum absolute atomic E-state index is 0.0605. The molecular formula is C12H18BrNO2. The van der Waals surface area contributed by atoms with Crippen LogP contribution in [0.15, 0.2) is 22.7 Å². The van der Waals surface area contributed by atoms with Crippen molar-refractivity contribution in [2.75, 3.05) is 6.61 Å². The highest BCUT2D eigenvalue weighted by molar-refractivity contribution is 9.10. The Morgan fingerprint density at radius 3 is 2.69 bits per heavy atom. The van der Waals surface area contributed by atoms with Crippen LogP contribution in [-0.4, -0.2) is 17.8 Å². The van der Waals surface area contributed by atoms with Gasteiger partial charge in [0, 0.05) is 22.5 Å². The first-order valence-corrected chi connectivity index (χ1v) is 6.16. The summed E-state index contributed by atoms with van der Waals surface area (Å²) in [5, 5.41) is 9.15. The van der Waals surface area contributed by atoms with E-state index in [0.717, 1.165) is 15.8 Å². The normalized spacial score (nSPS) is 14.6. The second-order valence-corrected chi connectivity index (χ2v) is 4.87. The van der Waals surface area contributed by atoms with Gasteiger partial charge in [0.15, 0.2) is 0 Å². The van der Waals surface area contributed by atoms with E-state index < -0.39 is 0 Å². The molecule has 0 saturated carbocycles. The van der Waals surface area contributed by atoms with Gasteiger partial charge in [0.2, 0.25) is 0 Å². The van der Waals surface area contributed by atoms with Crippen LogP contribution in [0.2, 0.25) is 0 Å². The monoisotopic (exact) mass is 287 g/mol. The molecule has 0 bridgehead atoms. The number of ether oxygens (including phenoxy) is 1. The van der Waals surface area contributed by atoms with Gasteiger partial charge < -0.3 is 15.6 Å². The maximum Gasteiger partial charge on any atom is 0.125 e. The van der Waals surface area contributed by atoms with Gasteiger partial charge in [0.25, 0.3) is 0 Å². The second-order valence-electron chi connectivity index (χ2n) is 3.96. The highest BCUT2D eigenvalue weighted by atomic mass is 79.9. The summed E-state index contributed by atoms with van der Waals surface area (Å²) in [6.45, 7) is 4.16. The summed E-state index contributed by atoms with van der Waals surface area (Å²) in [5.41, 5.74) is 6.83. The third kappa shape index (κ3) is 4.12. The number of rotatable bonds is 5.